The Kier molecular flexibility index (Phi) is 12.4. The fraction of sp³-hybridized carbons (Fsp3) is 0.955. The second kappa shape index (κ2) is 12.4. The molecule has 0 bridgehead atoms. The molecule has 0 amide bonds. The van der Waals surface area contributed by atoms with Gasteiger partial charge in [-0.3, -0.25) is 4.79 Å². The summed E-state index contributed by atoms with van der Waals surface area (Å²) < 4.78 is 0. The van der Waals surface area contributed by atoms with E-state index in [4.69, 9.17) is 0 Å². The maximum Gasteiger partial charge on any atom is 0.169 e. The van der Waals surface area contributed by atoms with Crippen LogP contribution in [0.1, 0.15) is 93.9 Å². The summed E-state index contributed by atoms with van der Waals surface area (Å²) in [5.41, 5.74) is -0.340. The zero-order valence-corrected chi connectivity index (χ0v) is 19.8. The van der Waals surface area contributed by atoms with Gasteiger partial charge in [0, 0.05) is 10.8 Å². The highest BCUT2D eigenvalue weighted by Crippen LogP contribution is 2.25. The van der Waals surface area contributed by atoms with Gasteiger partial charge in [-0.1, -0.05) is 48.5 Å². The van der Waals surface area contributed by atoms with Crippen molar-refractivity contribution in [1.29, 1.82) is 0 Å². The molecular weight excluding hydrogens is 340 g/mol. The van der Waals surface area contributed by atoms with Crippen molar-refractivity contribution >= 4 is 17.5 Å². The van der Waals surface area contributed by atoms with Crippen molar-refractivity contribution < 1.29 is 4.79 Å². The highest BCUT2D eigenvalue weighted by Gasteiger charge is 2.39. The van der Waals surface area contributed by atoms with Crippen molar-refractivity contribution in [3.05, 3.63) is 0 Å². The van der Waals surface area contributed by atoms with E-state index in [1.807, 2.05) is 11.8 Å². The summed E-state index contributed by atoms with van der Waals surface area (Å²) in [6, 6.07) is -0.123. The number of rotatable bonds is 15. The van der Waals surface area contributed by atoms with Gasteiger partial charge in [0.1, 0.15) is 0 Å². The van der Waals surface area contributed by atoms with Crippen molar-refractivity contribution in [3.8, 4) is 0 Å². The number of hydrogen-bond acceptors (Lipinski definition) is 4. The Hall–Kier alpha value is -0.0600. The standard InChI is InChI=1S/C22H46N2OS/c1-10-21(11-2,12-3)24-19(8)20(25)22(13-4,14-5)23-16-17(6)15-18(7)26-9/h17-19,23-24H,10-16H2,1-9H3. The fourth-order valence-corrected chi connectivity index (χ4v) is 4.57. The Balaban J connectivity index is 5.11. The molecule has 26 heavy (non-hydrogen) atoms. The van der Waals surface area contributed by atoms with Gasteiger partial charge in [-0.2, -0.15) is 11.8 Å². The molecule has 0 aliphatic rings. The van der Waals surface area contributed by atoms with Crippen molar-refractivity contribution in [2.45, 2.75) is 116 Å². The molecule has 3 unspecified atom stereocenters. The van der Waals surface area contributed by atoms with Crippen molar-refractivity contribution in [3.63, 3.8) is 0 Å². The first kappa shape index (κ1) is 25.9. The monoisotopic (exact) mass is 386 g/mol. The fourth-order valence-electron chi connectivity index (χ4n) is 4.05. The second-order valence-electron chi connectivity index (χ2n) is 8.13. The predicted octanol–water partition coefficient (Wildman–Crippen LogP) is 5.43. The van der Waals surface area contributed by atoms with E-state index in [2.05, 4.69) is 72.3 Å². The van der Waals surface area contributed by atoms with Gasteiger partial charge in [-0.05, 0) is 64.2 Å². The molecule has 3 nitrogen and oxygen atoms in total. The number of nitrogens with one attached hydrogen (secondary N) is 2. The van der Waals surface area contributed by atoms with E-state index in [-0.39, 0.29) is 11.6 Å². The van der Waals surface area contributed by atoms with Gasteiger partial charge in [-0.15, -0.1) is 0 Å². The summed E-state index contributed by atoms with van der Waals surface area (Å²) >= 11 is 1.92. The van der Waals surface area contributed by atoms with Crippen LogP contribution in [0.15, 0.2) is 0 Å². The van der Waals surface area contributed by atoms with Gasteiger partial charge < -0.3 is 10.6 Å². The summed E-state index contributed by atoms with van der Waals surface area (Å²) in [4.78, 5) is 13.4. The van der Waals surface area contributed by atoms with Crippen LogP contribution in [-0.4, -0.2) is 41.0 Å². The van der Waals surface area contributed by atoms with Crippen LogP contribution in [-0.2, 0) is 4.79 Å². The molecule has 0 rings (SSSR count). The molecule has 0 fully saturated rings. The molecule has 0 aromatic carbocycles. The minimum atomic E-state index is -0.412. The van der Waals surface area contributed by atoms with Crippen LogP contribution in [0.25, 0.3) is 0 Å². The third-order valence-electron chi connectivity index (χ3n) is 6.55. The Labute approximate surface area is 168 Å². The lowest BCUT2D eigenvalue weighted by Gasteiger charge is -2.40. The van der Waals surface area contributed by atoms with E-state index < -0.39 is 5.54 Å². The van der Waals surface area contributed by atoms with Crippen LogP contribution in [0.5, 0.6) is 0 Å². The molecule has 0 heterocycles. The highest BCUT2D eigenvalue weighted by atomic mass is 32.2. The third kappa shape index (κ3) is 7.16. The molecule has 0 aliphatic carbocycles. The number of thioether (sulfide) groups is 1. The summed E-state index contributed by atoms with van der Waals surface area (Å²) in [6.07, 6.45) is 8.21. The van der Waals surface area contributed by atoms with Gasteiger partial charge in [0.25, 0.3) is 0 Å². The minimum absolute atomic E-state index is 0.0728. The molecule has 0 aromatic heterocycles. The van der Waals surface area contributed by atoms with Gasteiger partial charge in [-0.25, -0.2) is 0 Å². The Morgan fingerprint density at radius 1 is 0.923 bits per heavy atom. The number of Topliss-reactive ketones (excluding diaryl/α,β-unsaturated/α-hetero) is 1. The topological polar surface area (TPSA) is 41.1 Å². The van der Waals surface area contributed by atoms with Gasteiger partial charge in [0.15, 0.2) is 5.78 Å². The lowest BCUT2D eigenvalue weighted by molar-refractivity contribution is -0.128. The van der Waals surface area contributed by atoms with Gasteiger partial charge in [0.2, 0.25) is 0 Å². The van der Waals surface area contributed by atoms with E-state index in [1.54, 1.807) is 0 Å². The SMILES string of the molecule is CCC(CC)(CC)NC(C)C(=O)C(CC)(CC)NCC(C)CC(C)SC. The normalized spacial score (nSPS) is 16.3. The molecule has 0 saturated heterocycles. The minimum Gasteiger partial charge on any atom is -0.305 e. The van der Waals surface area contributed by atoms with E-state index >= 15 is 0 Å². The average molecular weight is 387 g/mol. The number of carbonyl (C=O) groups excluding carboxylic acids is 1. The molecular formula is C22H46N2OS. The van der Waals surface area contributed by atoms with Crippen LogP contribution >= 0.6 is 11.8 Å². The van der Waals surface area contributed by atoms with Crippen molar-refractivity contribution in [2.24, 2.45) is 5.92 Å². The van der Waals surface area contributed by atoms with Gasteiger partial charge in [0.05, 0.1) is 11.6 Å². The molecule has 2 N–H and O–H groups in total. The maximum atomic E-state index is 13.4. The Bertz CT molecular complexity index is 383. The summed E-state index contributed by atoms with van der Waals surface area (Å²) in [6.45, 7) is 18.5. The maximum absolute atomic E-state index is 13.4. The molecule has 4 heteroatoms. The van der Waals surface area contributed by atoms with E-state index in [9.17, 15) is 4.79 Å². The van der Waals surface area contributed by atoms with Crippen LogP contribution in [0.3, 0.4) is 0 Å². The van der Waals surface area contributed by atoms with Crippen LogP contribution in [0.4, 0.5) is 0 Å². The molecule has 0 radical (unpaired) electrons. The predicted molar refractivity (Wildman–Crippen MR) is 119 cm³/mol. The lowest BCUT2D eigenvalue weighted by Crippen LogP contribution is -2.61. The molecule has 156 valence electrons. The lowest BCUT2D eigenvalue weighted by atomic mass is 9.82. The Morgan fingerprint density at radius 2 is 1.42 bits per heavy atom. The summed E-state index contributed by atoms with van der Waals surface area (Å²) in [5, 5.41) is 8.04. The quantitative estimate of drug-likeness (QED) is 0.394. The highest BCUT2D eigenvalue weighted by molar-refractivity contribution is 7.99. The molecule has 3 atom stereocenters. The molecule has 0 spiro atoms. The molecule has 0 aromatic rings. The first-order valence-corrected chi connectivity index (χ1v) is 12.1. The van der Waals surface area contributed by atoms with Crippen LogP contribution < -0.4 is 10.6 Å². The van der Waals surface area contributed by atoms with Crippen LogP contribution in [0.2, 0.25) is 0 Å². The van der Waals surface area contributed by atoms with Crippen molar-refractivity contribution in [1.82, 2.24) is 10.6 Å². The summed E-state index contributed by atoms with van der Waals surface area (Å²) in [5.74, 6) is 0.902. The number of hydrogen-bond donors (Lipinski definition) is 2. The molecule has 0 saturated carbocycles. The smallest absolute Gasteiger partial charge is 0.169 e. The average Bonchev–Trinajstić information content (AvgIpc) is 2.66. The third-order valence-corrected chi connectivity index (χ3v) is 7.55. The van der Waals surface area contributed by atoms with E-state index in [0.29, 0.717) is 17.0 Å². The first-order valence-electron chi connectivity index (χ1n) is 10.8. The summed E-state index contributed by atoms with van der Waals surface area (Å²) in [7, 11) is 0. The number of ketones is 1. The van der Waals surface area contributed by atoms with E-state index in [1.165, 1.54) is 6.42 Å². The largest absolute Gasteiger partial charge is 0.305 e. The Morgan fingerprint density at radius 3 is 1.81 bits per heavy atom. The first-order chi connectivity index (χ1) is 12.2. The molecule has 0 aliphatic heterocycles. The van der Waals surface area contributed by atoms with Gasteiger partial charge >= 0.3 is 0 Å². The zero-order chi connectivity index (χ0) is 20.4. The number of carbonyl (C=O) groups is 1. The van der Waals surface area contributed by atoms with E-state index in [0.717, 1.165) is 38.6 Å². The second-order valence-corrected chi connectivity index (χ2v) is 9.40. The zero-order valence-electron chi connectivity index (χ0n) is 19.0. The van der Waals surface area contributed by atoms with Crippen molar-refractivity contribution in [2.75, 3.05) is 12.8 Å². The van der Waals surface area contributed by atoms with Crippen LogP contribution in [0, 0.1) is 5.92 Å².